The number of amides is 1. The normalized spacial score (nSPS) is 17.8. The molecule has 5 heteroatoms. The van der Waals surface area contributed by atoms with E-state index in [0.29, 0.717) is 6.54 Å². The van der Waals surface area contributed by atoms with Gasteiger partial charge >= 0.3 is 0 Å². The van der Waals surface area contributed by atoms with Gasteiger partial charge in [0.05, 0.1) is 5.60 Å². The summed E-state index contributed by atoms with van der Waals surface area (Å²) in [6.45, 7) is 0.306. The Morgan fingerprint density at radius 1 is 1.43 bits per heavy atom. The van der Waals surface area contributed by atoms with Gasteiger partial charge in [-0.15, -0.1) is 0 Å². The van der Waals surface area contributed by atoms with Crippen LogP contribution >= 0.6 is 11.8 Å². The van der Waals surface area contributed by atoms with Crippen molar-refractivity contribution in [3.8, 4) is 0 Å². The second-order valence-electron chi connectivity index (χ2n) is 5.27. The average molecular weight is 309 g/mol. The highest BCUT2D eigenvalue weighted by Gasteiger charge is 2.29. The zero-order chi connectivity index (χ0) is 15.1. The highest BCUT2D eigenvalue weighted by Crippen LogP contribution is 2.26. The van der Waals surface area contributed by atoms with Crippen LogP contribution in [0.25, 0.3) is 6.08 Å². The van der Waals surface area contributed by atoms with Crippen LogP contribution in [0.15, 0.2) is 30.3 Å². The summed E-state index contributed by atoms with van der Waals surface area (Å²) < 4.78 is 13.0. The van der Waals surface area contributed by atoms with Gasteiger partial charge in [-0.25, -0.2) is 4.39 Å². The van der Waals surface area contributed by atoms with Crippen LogP contribution in [-0.4, -0.2) is 34.7 Å². The van der Waals surface area contributed by atoms with Crippen LogP contribution in [0.1, 0.15) is 24.8 Å². The van der Waals surface area contributed by atoms with E-state index in [-0.39, 0.29) is 18.1 Å². The first-order valence-corrected chi connectivity index (χ1v) is 8.22. The predicted molar refractivity (Wildman–Crippen MR) is 84.6 cm³/mol. The third-order valence-electron chi connectivity index (χ3n) is 3.50. The zero-order valence-electron chi connectivity index (χ0n) is 11.8. The van der Waals surface area contributed by atoms with Gasteiger partial charge < -0.3 is 10.4 Å². The van der Waals surface area contributed by atoms with Crippen LogP contribution in [0.2, 0.25) is 0 Å². The van der Waals surface area contributed by atoms with Crippen molar-refractivity contribution in [2.45, 2.75) is 24.9 Å². The van der Waals surface area contributed by atoms with Gasteiger partial charge in [-0.3, -0.25) is 4.79 Å². The van der Waals surface area contributed by atoms with Gasteiger partial charge in [-0.05, 0) is 42.0 Å². The fraction of sp³-hybridized carbons (Fsp3) is 0.438. The Bertz CT molecular complexity index is 513. The molecule has 1 aromatic carbocycles. The minimum atomic E-state index is -0.757. The first kappa shape index (κ1) is 16.0. The molecule has 0 radical (unpaired) electrons. The molecule has 2 rings (SSSR count). The fourth-order valence-corrected chi connectivity index (χ4v) is 3.43. The fourth-order valence-electron chi connectivity index (χ4n) is 2.18. The van der Waals surface area contributed by atoms with Crippen molar-refractivity contribution in [3.05, 3.63) is 41.7 Å². The van der Waals surface area contributed by atoms with Gasteiger partial charge in [-0.1, -0.05) is 24.3 Å². The lowest BCUT2D eigenvalue weighted by Crippen LogP contribution is -2.45. The standard InChI is InChI=1S/C16H20FNO2S/c17-14-5-1-3-13(11-14)4-2-6-15(19)18-12-16(20)7-9-21-10-8-16/h1-5,11,20H,6-10,12H2,(H,18,19). The number of benzene rings is 1. The molecule has 1 aliphatic rings. The molecule has 0 aliphatic carbocycles. The van der Waals surface area contributed by atoms with Crippen LogP contribution in [0.3, 0.4) is 0 Å². The van der Waals surface area contributed by atoms with E-state index in [1.54, 1.807) is 24.3 Å². The summed E-state index contributed by atoms with van der Waals surface area (Å²) in [4.78, 5) is 11.7. The zero-order valence-corrected chi connectivity index (χ0v) is 12.7. The molecule has 2 N–H and O–H groups in total. The molecule has 0 aromatic heterocycles. The van der Waals surface area contributed by atoms with Gasteiger partial charge in [0.25, 0.3) is 0 Å². The topological polar surface area (TPSA) is 49.3 Å². The van der Waals surface area contributed by atoms with Crippen LogP contribution in [0.5, 0.6) is 0 Å². The quantitative estimate of drug-likeness (QED) is 0.879. The third kappa shape index (κ3) is 5.52. The van der Waals surface area contributed by atoms with Crippen molar-refractivity contribution in [1.29, 1.82) is 0 Å². The summed E-state index contributed by atoms with van der Waals surface area (Å²) in [5.41, 5.74) is -0.0292. The molecule has 0 bridgehead atoms. The van der Waals surface area contributed by atoms with Crippen molar-refractivity contribution in [3.63, 3.8) is 0 Å². The second-order valence-corrected chi connectivity index (χ2v) is 6.50. The average Bonchev–Trinajstić information content (AvgIpc) is 2.46. The summed E-state index contributed by atoms with van der Waals surface area (Å²) in [7, 11) is 0. The molecule has 3 nitrogen and oxygen atoms in total. The Hall–Kier alpha value is -1.33. The van der Waals surface area contributed by atoms with E-state index in [1.165, 1.54) is 12.1 Å². The van der Waals surface area contributed by atoms with Gasteiger partial charge in [0, 0.05) is 13.0 Å². The molecule has 0 spiro atoms. The second kappa shape index (κ2) is 7.61. The molecular formula is C16H20FNO2S. The molecule has 0 unspecified atom stereocenters. The van der Waals surface area contributed by atoms with E-state index in [4.69, 9.17) is 0 Å². The van der Waals surface area contributed by atoms with E-state index < -0.39 is 5.60 Å². The number of hydrogen-bond acceptors (Lipinski definition) is 3. The van der Waals surface area contributed by atoms with E-state index in [2.05, 4.69) is 5.32 Å². The number of rotatable bonds is 5. The molecule has 1 amide bonds. The highest BCUT2D eigenvalue weighted by molar-refractivity contribution is 7.99. The lowest BCUT2D eigenvalue weighted by Gasteiger charge is -2.31. The van der Waals surface area contributed by atoms with Crippen molar-refractivity contribution in [1.82, 2.24) is 5.32 Å². The molecule has 21 heavy (non-hydrogen) atoms. The SMILES string of the molecule is O=C(CC=Cc1cccc(F)c1)NCC1(O)CCSCC1. The molecule has 114 valence electrons. The van der Waals surface area contributed by atoms with Crippen LogP contribution in [-0.2, 0) is 4.79 Å². The lowest BCUT2D eigenvalue weighted by atomic mass is 9.97. The minimum absolute atomic E-state index is 0.130. The Labute approximate surface area is 128 Å². The summed E-state index contributed by atoms with van der Waals surface area (Å²) in [6, 6.07) is 6.20. The minimum Gasteiger partial charge on any atom is -0.388 e. The number of carbonyl (C=O) groups is 1. The Morgan fingerprint density at radius 2 is 2.19 bits per heavy atom. The van der Waals surface area contributed by atoms with Crippen LogP contribution < -0.4 is 5.32 Å². The first-order chi connectivity index (χ1) is 10.1. The maximum Gasteiger partial charge on any atom is 0.223 e. The largest absolute Gasteiger partial charge is 0.388 e. The lowest BCUT2D eigenvalue weighted by molar-refractivity contribution is -0.121. The van der Waals surface area contributed by atoms with Gasteiger partial charge in [0.1, 0.15) is 5.82 Å². The van der Waals surface area contributed by atoms with Crippen molar-refractivity contribution < 1.29 is 14.3 Å². The Morgan fingerprint density at radius 3 is 2.90 bits per heavy atom. The number of nitrogens with one attached hydrogen (secondary N) is 1. The molecule has 0 atom stereocenters. The van der Waals surface area contributed by atoms with Gasteiger partial charge in [0.2, 0.25) is 5.91 Å². The first-order valence-electron chi connectivity index (χ1n) is 7.06. The molecule has 1 heterocycles. The summed E-state index contributed by atoms with van der Waals surface area (Å²) >= 11 is 1.83. The van der Waals surface area contributed by atoms with E-state index in [1.807, 2.05) is 11.8 Å². The molecule has 0 saturated carbocycles. The van der Waals surface area contributed by atoms with Gasteiger partial charge in [0.15, 0.2) is 0 Å². The monoisotopic (exact) mass is 309 g/mol. The molecule has 1 saturated heterocycles. The summed E-state index contributed by atoms with van der Waals surface area (Å²) in [5.74, 6) is 1.45. The predicted octanol–water partition coefficient (Wildman–Crippen LogP) is 2.60. The number of thioether (sulfide) groups is 1. The van der Waals surface area contributed by atoms with E-state index in [9.17, 15) is 14.3 Å². The summed E-state index contributed by atoms with van der Waals surface area (Å²) in [5, 5.41) is 13.0. The number of carbonyl (C=O) groups excluding carboxylic acids is 1. The molecule has 1 aliphatic heterocycles. The Balaban J connectivity index is 1.74. The highest BCUT2D eigenvalue weighted by atomic mass is 32.2. The van der Waals surface area contributed by atoms with Crippen LogP contribution in [0, 0.1) is 5.82 Å². The van der Waals surface area contributed by atoms with Crippen molar-refractivity contribution in [2.75, 3.05) is 18.1 Å². The van der Waals surface area contributed by atoms with Crippen LogP contribution in [0.4, 0.5) is 4.39 Å². The Kier molecular flexibility index (Phi) is 5.82. The third-order valence-corrected chi connectivity index (χ3v) is 4.49. The molecular weight excluding hydrogens is 289 g/mol. The summed E-state index contributed by atoms with van der Waals surface area (Å²) in [6.07, 6.45) is 5.08. The maximum atomic E-state index is 13.0. The van der Waals surface area contributed by atoms with E-state index in [0.717, 1.165) is 29.9 Å². The molecule has 1 aromatic rings. The van der Waals surface area contributed by atoms with Gasteiger partial charge in [-0.2, -0.15) is 11.8 Å². The molecule has 1 fully saturated rings. The number of halogens is 1. The maximum absolute atomic E-state index is 13.0. The van der Waals surface area contributed by atoms with Crippen molar-refractivity contribution in [2.24, 2.45) is 0 Å². The number of hydrogen-bond donors (Lipinski definition) is 2. The van der Waals surface area contributed by atoms with E-state index >= 15 is 0 Å². The number of aliphatic hydroxyl groups is 1. The van der Waals surface area contributed by atoms with Crippen molar-refractivity contribution >= 4 is 23.7 Å². The smallest absolute Gasteiger partial charge is 0.223 e.